The Morgan fingerprint density at radius 3 is 2.83 bits per heavy atom. The number of aryl methyl sites for hydroxylation is 1. The lowest BCUT2D eigenvalue weighted by Crippen LogP contribution is -2.33. The zero-order valence-electron chi connectivity index (χ0n) is 15.0. The normalized spacial score (nSPS) is 26.5. The fourth-order valence-electron chi connectivity index (χ4n) is 3.87. The number of ether oxygens (including phenoxy) is 1. The summed E-state index contributed by atoms with van der Waals surface area (Å²) in [5, 5.41) is 0. The van der Waals surface area contributed by atoms with Crippen LogP contribution in [0.25, 0.3) is 0 Å². The largest absolute Gasteiger partial charge is 0.472 e. The quantitative estimate of drug-likeness (QED) is 0.920. The van der Waals surface area contributed by atoms with E-state index in [9.17, 15) is 4.79 Å². The molecule has 0 aromatic carbocycles. The highest BCUT2D eigenvalue weighted by molar-refractivity contribution is 5.76. The lowest BCUT2D eigenvalue weighted by atomic mass is 9.98. The number of hydrogen-bond donors (Lipinski definition) is 1. The molecular weight excluding hydrogens is 302 g/mol. The molecule has 5 heteroatoms. The maximum atomic E-state index is 12.5. The van der Waals surface area contributed by atoms with E-state index in [4.69, 9.17) is 10.5 Å². The number of likely N-dealkylation sites (tertiary alicyclic amines) is 1. The minimum absolute atomic E-state index is 0.223. The summed E-state index contributed by atoms with van der Waals surface area (Å²) in [4.78, 5) is 19.0. The Morgan fingerprint density at radius 1 is 1.33 bits per heavy atom. The van der Waals surface area contributed by atoms with Gasteiger partial charge in [-0.25, -0.2) is 4.98 Å². The van der Waals surface area contributed by atoms with E-state index in [1.807, 2.05) is 43.9 Å². The van der Waals surface area contributed by atoms with Gasteiger partial charge in [0.15, 0.2) is 0 Å². The Kier molecular flexibility index (Phi) is 4.81. The molecule has 0 bridgehead atoms. The number of hydrogen-bond acceptors (Lipinski definition) is 4. The third kappa shape index (κ3) is 4.07. The molecule has 1 aromatic rings. The third-order valence-electron chi connectivity index (χ3n) is 5.05. The SMILES string of the molecule is CC(C)(C)Oc1cccc(CCC(=O)N2CC3CCC(N)C3C2)n1. The molecule has 0 radical (unpaired) electrons. The standard InChI is InChI=1S/C19H29N3O2/c1-19(2,3)24-17-6-4-5-14(21-17)8-10-18(23)22-11-13-7-9-16(20)15(13)12-22/h4-6,13,15-16H,7-12,20H2,1-3H3. The van der Waals surface area contributed by atoms with Crippen molar-refractivity contribution < 1.29 is 9.53 Å². The van der Waals surface area contributed by atoms with E-state index in [1.54, 1.807) is 0 Å². The Morgan fingerprint density at radius 2 is 2.12 bits per heavy atom. The van der Waals surface area contributed by atoms with Gasteiger partial charge >= 0.3 is 0 Å². The number of nitrogens with two attached hydrogens (primary N) is 1. The number of carbonyl (C=O) groups excluding carboxylic acids is 1. The molecule has 2 N–H and O–H groups in total. The zero-order chi connectivity index (χ0) is 17.3. The highest BCUT2D eigenvalue weighted by atomic mass is 16.5. The number of fused-ring (bicyclic) bond motifs is 1. The average molecular weight is 331 g/mol. The summed E-state index contributed by atoms with van der Waals surface area (Å²) < 4.78 is 5.79. The van der Waals surface area contributed by atoms with Gasteiger partial charge < -0.3 is 15.4 Å². The van der Waals surface area contributed by atoms with Gasteiger partial charge in [0.1, 0.15) is 5.60 Å². The molecule has 24 heavy (non-hydrogen) atoms. The number of aromatic nitrogens is 1. The molecule has 3 rings (SSSR count). The molecule has 2 fully saturated rings. The van der Waals surface area contributed by atoms with Crippen molar-refractivity contribution in [3.63, 3.8) is 0 Å². The molecule has 1 aliphatic carbocycles. The minimum Gasteiger partial charge on any atom is -0.472 e. The Hall–Kier alpha value is -1.62. The molecular formula is C19H29N3O2. The average Bonchev–Trinajstić information content (AvgIpc) is 3.06. The van der Waals surface area contributed by atoms with E-state index in [1.165, 1.54) is 6.42 Å². The first kappa shape index (κ1) is 17.2. The van der Waals surface area contributed by atoms with Crippen molar-refractivity contribution in [3.05, 3.63) is 23.9 Å². The minimum atomic E-state index is -0.270. The van der Waals surface area contributed by atoms with Crippen LogP contribution in [0.2, 0.25) is 0 Å². The Bertz CT molecular complexity index is 597. The summed E-state index contributed by atoms with van der Waals surface area (Å²) in [6, 6.07) is 6.03. The summed E-state index contributed by atoms with van der Waals surface area (Å²) >= 11 is 0. The number of pyridine rings is 1. The van der Waals surface area contributed by atoms with Crippen LogP contribution in [-0.4, -0.2) is 40.5 Å². The maximum Gasteiger partial charge on any atom is 0.222 e. The molecule has 1 saturated carbocycles. The van der Waals surface area contributed by atoms with Gasteiger partial charge in [0.25, 0.3) is 0 Å². The van der Waals surface area contributed by atoms with Crippen LogP contribution in [-0.2, 0) is 11.2 Å². The van der Waals surface area contributed by atoms with Crippen molar-refractivity contribution in [1.29, 1.82) is 0 Å². The van der Waals surface area contributed by atoms with E-state index in [-0.39, 0.29) is 17.6 Å². The summed E-state index contributed by atoms with van der Waals surface area (Å²) in [5.74, 6) is 1.97. The highest BCUT2D eigenvalue weighted by Crippen LogP contribution is 2.37. The molecule has 132 valence electrons. The molecule has 2 aliphatic rings. The molecule has 1 aliphatic heterocycles. The van der Waals surface area contributed by atoms with E-state index in [2.05, 4.69) is 4.98 Å². The second kappa shape index (κ2) is 6.71. The molecule has 3 atom stereocenters. The van der Waals surface area contributed by atoms with Crippen molar-refractivity contribution in [2.24, 2.45) is 17.6 Å². The van der Waals surface area contributed by atoms with Gasteiger partial charge in [-0.3, -0.25) is 4.79 Å². The summed E-state index contributed by atoms with van der Waals surface area (Å²) in [6.07, 6.45) is 3.43. The van der Waals surface area contributed by atoms with Gasteiger partial charge in [-0.2, -0.15) is 0 Å². The molecule has 1 saturated heterocycles. The predicted molar refractivity (Wildman–Crippen MR) is 93.7 cm³/mol. The summed E-state index contributed by atoms with van der Waals surface area (Å²) in [7, 11) is 0. The van der Waals surface area contributed by atoms with Crippen LogP contribution in [0.5, 0.6) is 5.88 Å². The van der Waals surface area contributed by atoms with Crippen LogP contribution in [0.3, 0.4) is 0 Å². The lowest BCUT2D eigenvalue weighted by Gasteiger charge is -2.21. The fourth-order valence-corrected chi connectivity index (χ4v) is 3.87. The van der Waals surface area contributed by atoms with Crippen LogP contribution >= 0.6 is 0 Å². The molecule has 2 heterocycles. The smallest absolute Gasteiger partial charge is 0.222 e. The van der Waals surface area contributed by atoms with Crippen LogP contribution in [0.4, 0.5) is 0 Å². The van der Waals surface area contributed by atoms with E-state index in [0.29, 0.717) is 30.6 Å². The number of nitrogens with zero attached hydrogens (tertiary/aromatic N) is 2. The summed E-state index contributed by atoms with van der Waals surface area (Å²) in [5.41, 5.74) is 6.79. The predicted octanol–water partition coefficient (Wildman–Crippen LogP) is 2.39. The fraction of sp³-hybridized carbons (Fsp3) is 0.684. The van der Waals surface area contributed by atoms with Crippen LogP contribution in [0.15, 0.2) is 18.2 Å². The zero-order valence-corrected chi connectivity index (χ0v) is 15.0. The van der Waals surface area contributed by atoms with Crippen molar-refractivity contribution in [3.8, 4) is 5.88 Å². The number of carbonyl (C=O) groups is 1. The van der Waals surface area contributed by atoms with Crippen LogP contribution < -0.4 is 10.5 Å². The summed E-state index contributed by atoms with van der Waals surface area (Å²) in [6.45, 7) is 7.72. The highest BCUT2D eigenvalue weighted by Gasteiger charge is 2.42. The molecule has 0 spiro atoms. The number of amides is 1. The topological polar surface area (TPSA) is 68.5 Å². The lowest BCUT2D eigenvalue weighted by molar-refractivity contribution is -0.130. The van der Waals surface area contributed by atoms with Gasteiger partial charge in [0, 0.05) is 37.3 Å². The van der Waals surface area contributed by atoms with E-state index >= 15 is 0 Å². The number of rotatable bonds is 4. The first-order valence-corrected chi connectivity index (χ1v) is 9.00. The molecule has 5 nitrogen and oxygen atoms in total. The first-order chi connectivity index (χ1) is 11.3. The van der Waals surface area contributed by atoms with Crippen molar-refractivity contribution >= 4 is 5.91 Å². The van der Waals surface area contributed by atoms with Crippen molar-refractivity contribution in [2.45, 2.75) is 58.1 Å². The third-order valence-corrected chi connectivity index (χ3v) is 5.05. The van der Waals surface area contributed by atoms with Gasteiger partial charge in [0.2, 0.25) is 11.8 Å². The molecule has 1 aromatic heterocycles. The van der Waals surface area contributed by atoms with Crippen LogP contribution in [0.1, 0.15) is 45.7 Å². The molecule has 3 unspecified atom stereocenters. The van der Waals surface area contributed by atoms with Gasteiger partial charge in [-0.1, -0.05) is 6.07 Å². The maximum absolute atomic E-state index is 12.5. The second-order valence-electron chi connectivity index (χ2n) is 8.15. The van der Waals surface area contributed by atoms with Gasteiger partial charge in [-0.15, -0.1) is 0 Å². The first-order valence-electron chi connectivity index (χ1n) is 9.00. The van der Waals surface area contributed by atoms with Crippen molar-refractivity contribution in [2.75, 3.05) is 13.1 Å². The van der Waals surface area contributed by atoms with Crippen LogP contribution in [0, 0.1) is 11.8 Å². The monoisotopic (exact) mass is 331 g/mol. The van der Waals surface area contributed by atoms with E-state index in [0.717, 1.165) is 25.2 Å². The van der Waals surface area contributed by atoms with Gasteiger partial charge in [-0.05, 0) is 57.9 Å². The van der Waals surface area contributed by atoms with Gasteiger partial charge in [0.05, 0.1) is 0 Å². The Labute approximate surface area is 144 Å². The second-order valence-corrected chi connectivity index (χ2v) is 8.15. The molecule has 1 amide bonds. The van der Waals surface area contributed by atoms with Crippen molar-refractivity contribution in [1.82, 2.24) is 9.88 Å². The Balaban J connectivity index is 1.53. The van der Waals surface area contributed by atoms with E-state index < -0.39 is 0 Å².